The van der Waals surface area contributed by atoms with E-state index in [4.69, 9.17) is 9.84 Å². The third-order valence-corrected chi connectivity index (χ3v) is 3.85. The number of alkyl halides is 3. The van der Waals surface area contributed by atoms with E-state index in [1.807, 2.05) is 0 Å². The van der Waals surface area contributed by atoms with Crippen LogP contribution in [0.15, 0.2) is 0 Å². The largest absolute Gasteiger partial charge is 0.481 e. The number of hydrogen-bond donors (Lipinski definition) is 2. The van der Waals surface area contributed by atoms with Crippen LogP contribution in [0.4, 0.5) is 13.2 Å². The SMILES string of the molecule is O=C(O)CSCC(=O)NC1CCCC(OCC(F)(F)F)C1. The molecule has 2 atom stereocenters. The number of halogens is 3. The molecule has 2 unspecified atom stereocenters. The Morgan fingerprint density at radius 2 is 2.00 bits per heavy atom. The molecule has 1 aliphatic rings. The lowest BCUT2D eigenvalue weighted by molar-refractivity contribution is -0.188. The summed E-state index contributed by atoms with van der Waals surface area (Å²) in [5, 5.41) is 11.2. The van der Waals surface area contributed by atoms with Gasteiger partial charge in [-0.3, -0.25) is 9.59 Å². The first-order valence-electron chi connectivity index (χ1n) is 6.53. The van der Waals surface area contributed by atoms with E-state index in [1.54, 1.807) is 0 Å². The van der Waals surface area contributed by atoms with Gasteiger partial charge in [0.25, 0.3) is 0 Å². The van der Waals surface area contributed by atoms with Gasteiger partial charge < -0.3 is 15.2 Å². The Morgan fingerprint density at radius 3 is 2.62 bits per heavy atom. The lowest BCUT2D eigenvalue weighted by Gasteiger charge is -2.30. The highest BCUT2D eigenvalue weighted by Crippen LogP contribution is 2.24. The zero-order chi connectivity index (χ0) is 15.9. The summed E-state index contributed by atoms with van der Waals surface area (Å²) >= 11 is 0.981. The maximum Gasteiger partial charge on any atom is 0.411 e. The normalized spacial score (nSPS) is 22.8. The molecule has 21 heavy (non-hydrogen) atoms. The van der Waals surface area contributed by atoms with Crippen LogP contribution >= 0.6 is 11.8 Å². The van der Waals surface area contributed by atoms with Crippen LogP contribution in [0.2, 0.25) is 0 Å². The number of amides is 1. The molecule has 0 aromatic carbocycles. The van der Waals surface area contributed by atoms with Crippen molar-refractivity contribution in [3.8, 4) is 0 Å². The van der Waals surface area contributed by atoms with Crippen LogP contribution in [-0.2, 0) is 14.3 Å². The number of carboxylic acid groups (broad SMARTS) is 1. The van der Waals surface area contributed by atoms with Gasteiger partial charge >= 0.3 is 12.1 Å². The molecule has 0 saturated heterocycles. The Labute approximate surface area is 124 Å². The smallest absolute Gasteiger partial charge is 0.411 e. The maximum atomic E-state index is 12.1. The van der Waals surface area contributed by atoms with E-state index in [2.05, 4.69) is 5.32 Å². The van der Waals surface area contributed by atoms with Gasteiger partial charge in [-0.15, -0.1) is 11.8 Å². The van der Waals surface area contributed by atoms with E-state index in [0.29, 0.717) is 25.7 Å². The predicted octanol–water partition coefficient (Wildman–Crippen LogP) is 1.81. The molecule has 1 aliphatic carbocycles. The molecule has 1 rings (SSSR count). The molecular formula is C12H18F3NO4S. The molecule has 1 amide bonds. The fraction of sp³-hybridized carbons (Fsp3) is 0.833. The van der Waals surface area contributed by atoms with Crippen molar-refractivity contribution in [1.29, 1.82) is 0 Å². The first-order chi connectivity index (χ1) is 9.76. The number of hydrogen-bond acceptors (Lipinski definition) is 4. The average molecular weight is 329 g/mol. The van der Waals surface area contributed by atoms with Gasteiger partial charge in [0, 0.05) is 6.04 Å². The summed E-state index contributed by atoms with van der Waals surface area (Å²) in [5.41, 5.74) is 0. The summed E-state index contributed by atoms with van der Waals surface area (Å²) in [4.78, 5) is 21.9. The third kappa shape index (κ3) is 8.82. The minimum atomic E-state index is -4.34. The quantitative estimate of drug-likeness (QED) is 0.745. The van der Waals surface area contributed by atoms with Crippen LogP contribution in [0.25, 0.3) is 0 Å². The molecule has 0 bridgehead atoms. The lowest BCUT2D eigenvalue weighted by Crippen LogP contribution is -2.41. The molecule has 5 nitrogen and oxygen atoms in total. The highest BCUT2D eigenvalue weighted by molar-refractivity contribution is 8.00. The second kappa shape index (κ2) is 8.47. The number of carboxylic acids is 1. The summed E-state index contributed by atoms with van der Waals surface area (Å²) in [6, 6.07) is -0.213. The van der Waals surface area contributed by atoms with Crippen LogP contribution in [0, 0.1) is 0 Å². The Balaban J connectivity index is 2.25. The molecule has 9 heteroatoms. The van der Waals surface area contributed by atoms with Gasteiger partial charge in [-0.05, 0) is 25.7 Å². The zero-order valence-electron chi connectivity index (χ0n) is 11.3. The van der Waals surface area contributed by atoms with Crippen molar-refractivity contribution in [2.24, 2.45) is 0 Å². The molecule has 0 aliphatic heterocycles. The minimum Gasteiger partial charge on any atom is -0.481 e. The number of carbonyl (C=O) groups excluding carboxylic acids is 1. The standard InChI is InChI=1S/C12H18F3NO4S/c13-12(14,15)7-20-9-3-1-2-8(4-9)16-10(17)5-21-6-11(18)19/h8-9H,1-7H2,(H,16,17)(H,18,19). The zero-order valence-corrected chi connectivity index (χ0v) is 12.1. The van der Waals surface area contributed by atoms with Crippen LogP contribution in [0.1, 0.15) is 25.7 Å². The second-order valence-electron chi connectivity index (χ2n) is 4.87. The van der Waals surface area contributed by atoms with Crippen molar-refractivity contribution in [3.05, 3.63) is 0 Å². The Hall–Kier alpha value is -0.960. The highest BCUT2D eigenvalue weighted by Gasteiger charge is 2.31. The fourth-order valence-corrected chi connectivity index (χ4v) is 2.69. The number of ether oxygens (including phenoxy) is 1. The summed E-state index contributed by atoms with van der Waals surface area (Å²) < 4.78 is 41.0. The highest BCUT2D eigenvalue weighted by atomic mass is 32.2. The van der Waals surface area contributed by atoms with Crippen molar-refractivity contribution < 1.29 is 32.6 Å². The number of carbonyl (C=O) groups is 2. The Kier molecular flexibility index (Phi) is 7.30. The molecule has 0 aromatic rings. The minimum absolute atomic E-state index is 0.0247. The summed E-state index contributed by atoms with van der Waals surface area (Å²) in [5.74, 6) is -1.43. The van der Waals surface area contributed by atoms with Gasteiger partial charge in [0.1, 0.15) is 6.61 Å². The summed E-state index contributed by atoms with van der Waals surface area (Å²) in [7, 11) is 0. The van der Waals surface area contributed by atoms with Crippen LogP contribution in [-0.4, -0.2) is 53.4 Å². The van der Waals surface area contributed by atoms with E-state index in [-0.39, 0.29) is 23.5 Å². The van der Waals surface area contributed by atoms with Crippen LogP contribution < -0.4 is 5.32 Å². The first kappa shape index (κ1) is 18.1. The summed E-state index contributed by atoms with van der Waals surface area (Å²) in [6.07, 6.45) is -2.56. The number of thioether (sulfide) groups is 1. The molecule has 0 aromatic heterocycles. The van der Waals surface area contributed by atoms with E-state index in [1.165, 1.54) is 0 Å². The van der Waals surface area contributed by atoms with E-state index in [9.17, 15) is 22.8 Å². The predicted molar refractivity (Wildman–Crippen MR) is 71.2 cm³/mol. The van der Waals surface area contributed by atoms with Crippen molar-refractivity contribution in [1.82, 2.24) is 5.32 Å². The molecule has 1 fully saturated rings. The van der Waals surface area contributed by atoms with Gasteiger partial charge in [0.05, 0.1) is 17.6 Å². The average Bonchev–Trinajstić information content (AvgIpc) is 2.35. The summed E-state index contributed by atoms with van der Waals surface area (Å²) in [6.45, 7) is -1.27. The van der Waals surface area contributed by atoms with Gasteiger partial charge in [-0.1, -0.05) is 0 Å². The molecule has 2 N–H and O–H groups in total. The number of rotatable bonds is 7. The van der Waals surface area contributed by atoms with Crippen LogP contribution in [0.3, 0.4) is 0 Å². The van der Waals surface area contributed by atoms with E-state index in [0.717, 1.165) is 11.8 Å². The van der Waals surface area contributed by atoms with Gasteiger partial charge in [-0.25, -0.2) is 0 Å². The Morgan fingerprint density at radius 1 is 1.29 bits per heavy atom. The molecule has 0 spiro atoms. The molecule has 1 saturated carbocycles. The second-order valence-corrected chi connectivity index (χ2v) is 5.85. The van der Waals surface area contributed by atoms with Crippen molar-refractivity contribution in [2.75, 3.05) is 18.1 Å². The number of nitrogens with one attached hydrogen (secondary N) is 1. The molecule has 0 radical (unpaired) electrons. The fourth-order valence-electron chi connectivity index (χ4n) is 2.14. The van der Waals surface area contributed by atoms with Gasteiger partial charge in [0.15, 0.2) is 0 Å². The topological polar surface area (TPSA) is 75.6 Å². The van der Waals surface area contributed by atoms with E-state index >= 15 is 0 Å². The number of aliphatic carboxylic acids is 1. The van der Waals surface area contributed by atoms with E-state index < -0.39 is 24.9 Å². The molecule has 0 heterocycles. The van der Waals surface area contributed by atoms with Crippen molar-refractivity contribution in [3.63, 3.8) is 0 Å². The van der Waals surface area contributed by atoms with Crippen molar-refractivity contribution in [2.45, 2.75) is 44.0 Å². The molecular weight excluding hydrogens is 311 g/mol. The monoisotopic (exact) mass is 329 g/mol. The lowest BCUT2D eigenvalue weighted by atomic mass is 9.93. The third-order valence-electron chi connectivity index (χ3n) is 2.93. The van der Waals surface area contributed by atoms with Gasteiger partial charge in [-0.2, -0.15) is 13.2 Å². The van der Waals surface area contributed by atoms with Crippen molar-refractivity contribution >= 4 is 23.6 Å². The molecule has 122 valence electrons. The first-order valence-corrected chi connectivity index (χ1v) is 7.69. The van der Waals surface area contributed by atoms with Gasteiger partial charge in [0.2, 0.25) is 5.91 Å². The Bertz CT molecular complexity index is 365. The van der Waals surface area contributed by atoms with Crippen LogP contribution in [0.5, 0.6) is 0 Å². The maximum absolute atomic E-state index is 12.1.